The molecule has 0 saturated carbocycles. The highest BCUT2D eigenvalue weighted by molar-refractivity contribution is 6.30. The van der Waals surface area contributed by atoms with Crippen LogP contribution in [0, 0.1) is 10.1 Å². The number of nitro groups is 1. The van der Waals surface area contributed by atoms with Crippen molar-refractivity contribution in [2.24, 2.45) is 0 Å². The monoisotopic (exact) mass is 291 g/mol. The van der Waals surface area contributed by atoms with Crippen molar-refractivity contribution in [3.05, 3.63) is 63.7 Å². The molecule has 7 heteroatoms. The summed E-state index contributed by atoms with van der Waals surface area (Å²) in [7, 11) is 0. The fraction of sp³-hybridized carbons (Fsp3) is 0. The molecule has 0 heterocycles. The van der Waals surface area contributed by atoms with E-state index in [1.165, 1.54) is 18.2 Å². The van der Waals surface area contributed by atoms with E-state index < -0.39 is 11.0 Å². The molecule has 102 valence electrons. The van der Waals surface area contributed by atoms with Crippen molar-refractivity contribution in [2.45, 2.75) is 0 Å². The summed E-state index contributed by atoms with van der Waals surface area (Å²) in [5, 5.41) is 16.3. The van der Waals surface area contributed by atoms with E-state index in [0.717, 1.165) is 0 Å². The minimum Gasteiger partial charge on any atom is -0.308 e. The fourth-order valence-electron chi connectivity index (χ4n) is 1.52. The van der Waals surface area contributed by atoms with Crippen LogP contribution in [0.5, 0.6) is 0 Å². The van der Waals surface area contributed by atoms with Gasteiger partial charge in [0.2, 0.25) is 0 Å². The number of carbonyl (C=O) groups excluding carboxylic acids is 1. The van der Waals surface area contributed by atoms with E-state index >= 15 is 0 Å². The maximum Gasteiger partial charge on any atom is 0.323 e. The van der Waals surface area contributed by atoms with Gasteiger partial charge in [0.15, 0.2) is 0 Å². The topological polar surface area (TPSA) is 84.3 Å². The van der Waals surface area contributed by atoms with Crippen LogP contribution in [-0.2, 0) is 0 Å². The first kappa shape index (κ1) is 13.8. The fourth-order valence-corrected chi connectivity index (χ4v) is 1.65. The highest BCUT2D eigenvalue weighted by atomic mass is 35.5. The number of halogens is 1. The molecule has 0 atom stereocenters. The maximum atomic E-state index is 11.7. The summed E-state index contributed by atoms with van der Waals surface area (Å²) < 4.78 is 0. The molecule has 0 radical (unpaired) electrons. The normalized spacial score (nSPS) is 9.85. The van der Waals surface area contributed by atoms with Gasteiger partial charge in [-0.05, 0) is 30.3 Å². The first-order chi connectivity index (χ1) is 9.54. The second kappa shape index (κ2) is 6.03. The van der Waals surface area contributed by atoms with Crippen LogP contribution in [0.4, 0.5) is 21.9 Å². The van der Waals surface area contributed by atoms with Crippen molar-refractivity contribution < 1.29 is 9.72 Å². The van der Waals surface area contributed by atoms with Crippen LogP contribution < -0.4 is 10.6 Å². The van der Waals surface area contributed by atoms with E-state index in [0.29, 0.717) is 16.4 Å². The molecule has 2 N–H and O–H groups in total. The lowest BCUT2D eigenvalue weighted by molar-refractivity contribution is -0.384. The van der Waals surface area contributed by atoms with Crippen molar-refractivity contribution in [1.82, 2.24) is 0 Å². The minimum atomic E-state index is -0.526. The third kappa shape index (κ3) is 3.69. The Morgan fingerprint density at radius 2 is 1.70 bits per heavy atom. The van der Waals surface area contributed by atoms with E-state index in [2.05, 4.69) is 10.6 Å². The molecule has 0 aliphatic heterocycles. The predicted molar refractivity (Wildman–Crippen MR) is 77.2 cm³/mol. The molecule has 2 aromatic rings. The number of hydrogen-bond acceptors (Lipinski definition) is 3. The van der Waals surface area contributed by atoms with Crippen LogP contribution >= 0.6 is 11.6 Å². The van der Waals surface area contributed by atoms with E-state index in [4.69, 9.17) is 11.6 Å². The summed E-state index contributed by atoms with van der Waals surface area (Å²) in [6.07, 6.45) is 0. The molecule has 2 aromatic carbocycles. The van der Waals surface area contributed by atoms with Gasteiger partial charge in [-0.2, -0.15) is 0 Å². The van der Waals surface area contributed by atoms with Gasteiger partial charge in [-0.3, -0.25) is 10.1 Å². The highest BCUT2D eigenvalue weighted by Gasteiger charge is 2.08. The Morgan fingerprint density at radius 3 is 2.35 bits per heavy atom. The quantitative estimate of drug-likeness (QED) is 0.664. The first-order valence-corrected chi connectivity index (χ1v) is 6.00. The molecule has 20 heavy (non-hydrogen) atoms. The Hall–Kier alpha value is -2.60. The van der Waals surface area contributed by atoms with Crippen molar-refractivity contribution in [2.75, 3.05) is 10.6 Å². The number of anilines is 2. The summed E-state index contributed by atoms with van der Waals surface area (Å²) in [5.74, 6) is 0. The lowest BCUT2D eigenvalue weighted by atomic mass is 10.3. The molecule has 0 spiro atoms. The predicted octanol–water partition coefficient (Wildman–Crippen LogP) is 3.89. The molecular weight excluding hydrogens is 282 g/mol. The van der Waals surface area contributed by atoms with E-state index in [1.807, 2.05) is 0 Å². The smallest absolute Gasteiger partial charge is 0.308 e. The molecule has 0 bridgehead atoms. The zero-order valence-electron chi connectivity index (χ0n) is 10.2. The average molecular weight is 292 g/mol. The minimum absolute atomic E-state index is 0.0886. The molecule has 0 aliphatic rings. The van der Waals surface area contributed by atoms with Crippen LogP contribution in [0.3, 0.4) is 0 Å². The molecule has 6 nitrogen and oxygen atoms in total. The molecule has 0 aliphatic carbocycles. The SMILES string of the molecule is O=C(Nc1ccc(Cl)cc1)Nc1cccc([N+](=O)[O-])c1. The average Bonchev–Trinajstić information content (AvgIpc) is 2.41. The summed E-state index contributed by atoms with van der Waals surface area (Å²) in [6, 6.07) is 11.8. The Kier molecular flexibility index (Phi) is 4.17. The molecular formula is C13H10ClN3O3. The summed E-state index contributed by atoms with van der Waals surface area (Å²) in [4.78, 5) is 21.8. The van der Waals surface area contributed by atoms with Gasteiger partial charge < -0.3 is 10.6 Å². The lowest BCUT2D eigenvalue weighted by Crippen LogP contribution is -2.19. The van der Waals surface area contributed by atoms with Crippen LogP contribution in [0.15, 0.2) is 48.5 Å². The number of nitro benzene ring substituents is 1. The van der Waals surface area contributed by atoms with Gasteiger partial charge in [0.1, 0.15) is 0 Å². The van der Waals surface area contributed by atoms with E-state index in [1.54, 1.807) is 30.3 Å². The zero-order valence-corrected chi connectivity index (χ0v) is 10.9. The number of carbonyl (C=O) groups is 1. The van der Waals surface area contributed by atoms with Gasteiger partial charge in [0.05, 0.1) is 4.92 Å². The number of rotatable bonds is 3. The molecule has 0 fully saturated rings. The van der Waals surface area contributed by atoms with Crippen molar-refractivity contribution >= 4 is 34.7 Å². The van der Waals surface area contributed by atoms with E-state index in [-0.39, 0.29) is 5.69 Å². The van der Waals surface area contributed by atoms with Crippen molar-refractivity contribution in [3.63, 3.8) is 0 Å². The van der Waals surface area contributed by atoms with Crippen LogP contribution in [0.25, 0.3) is 0 Å². The van der Waals surface area contributed by atoms with Crippen LogP contribution in [0.2, 0.25) is 5.02 Å². The van der Waals surface area contributed by atoms with Crippen LogP contribution in [0.1, 0.15) is 0 Å². The Morgan fingerprint density at radius 1 is 1.05 bits per heavy atom. The maximum absolute atomic E-state index is 11.7. The highest BCUT2D eigenvalue weighted by Crippen LogP contribution is 2.18. The van der Waals surface area contributed by atoms with E-state index in [9.17, 15) is 14.9 Å². The second-order valence-corrected chi connectivity index (χ2v) is 4.33. The largest absolute Gasteiger partial charge is 0.323 e. The van der Waals surface area contributed by atoms with Gasteiger partial charge in [-0.15, -0.1) is 0 Å². The van der Waals surface area contributed by atoms with Gasteiger partial charge in [-0.1, -0.05) is 17.7 Å². The van der Waals surface area contributed by atoms with Gasteiger partial charge in [0, 0.05) is 28.5 Å². The standard InChI is InChI=1S/C13H10ClN3O3/c14-9-4-6-10(7-5-9)15-13(18)16-11-2-1-3-12(8-11)17(19)20/h1-8H,(H2,15,16,18). The third-order valence-electron chi connectivity index (χ3n) is 2.42. The van der Waals surface area contributed by atoms with Gasteiger partial charge in [-0.25, -0.2) is 4.79 Å². The Balaban J connectivity index is 2.02. The lowest BCUT2D eigenvalue weighted by Gasteiger charge is -2.07. The number of hydrogen-bond donors (Lipinski definition) is 2. The molecule has 0 saturated heterocycles. The second-order valence-electron chi connectivity index (χ2n) is 3.89. The molecule has 2 amide bonds. The number of benzene rings is 2. The third-order valence-corrected chi connectivity index (χ3v) is 2.67. The number of non-ortho nitro benzene ring substituents is 1. The Bertz CT molecular complexity index is 644. The summed E-state index contributed by atoms with van der Waals surface area (Å²) in [5.41, 5.74) is 0.817. The number of nitrogens with one attached hydrogen (secondary N) is 2. The first-order valence-electron chi connectivity index (χ1n) is 5.62. The van der Waals surface area contributed by atoms with Gasteiger partial charge in [0.25, 0.3) is 5.69 Å². The summed E-state index contributed by atoms with van der Waals surface area (Å²) in [6.45, 7) is 0. The van der Waals surface area contributed by atoms with Crippen molar-refractivity contribution in [3.8, 4) is 0 Å². The molecule has 2 rings (SSSR count). The van der Waals surface area contributed by atoms with Crippen molar-refractivity contribution in [1.29, 1.82) is 0 Å². The molecule has 0 aromatic heterocycles. The number of urea groups is 1. The Labute approximate surface area is 119 Å². The van der Waals surface area contributed by atoms with Crippen LogP contribution in [-0.4, -0.2) is 11.0 Å². The summed E-state index contributed by atoms with van der Waals surface area (Å²) >= 11 is 5.73. The zero-order chi connectivity index (χ0) is 14.5. The number of nitrogens with zero attached hydrogens (tertiary/aromatic N) is 1. The molecule has 0 unspecified atom stereocenters. The van der Waals surface area contributed by atoms with Gasteiger partial charge >= 0.3 is 6.03 Å². The number of amides is 2.